The van der Waals surface area contributed by atoms with Crippen LogP contribution in [0, 0.1) is 0 Å². The maximum Gasteiger partial charge on any atom is 0.241 e. The van der Waals surface area contributed by atoms with E-state index in [1.54, 1.807) is 0 Å². The third-order valence-electron chi connectivity index (χ3n) is 6.19. The Hall–Kier alpha value is -4.71. The Morgan fingerprint density at radius 2 is 0.727 bits per heavy atom. The molecule has 0 atom stereocenters. The normalized spacial score (nSPS) is 11.8. The van der Waals surface area contributed by atoms with Crippen LogP contribution in [-0.2, 0) is 0 Å². The number of hydrogen-bond acceptors (Lipinski definition) is 4. The first-order valence-corrected chi connectivity index (χ1v) is 10.8. The van der Waals surface area contributed by atoms with Gasteiger partial charge in [0.1, 0.15) is 0 Å². The largest absolute Gasteiger partial charge is 0.368 e. The third kappa shape index (κ3) is 2.52. The van der Waals surface area contributed by atoms with Crippen molar-refractivity contribution in [1.29, 1.82) is 0 Å². The minimum absolute atomic E-state index is 0.179. The first kappa shape index (κ1) is 17.9. The van der Waals surface area contributed by atoms with Crippen LogP contribution in [0.2, 0.25) is 0 Å². The summed E-state index contributed by atoms with van der Waals surface area (Å²) in [6.45, 7) is 0. The van der Waals surface area contributed by atoms with Crippen LogP contribution in [0.15, 0.2) is 97.1 Å². The van der Waals surface area contributed by atoms with Gasteiger partial charge < -0.3 is 5.73 Å². The van der Waals surface area contributed by atoms with Gasteiger partial charge >= 0.3 is 0 Å². The standard InChI is InChI=1S/C27H18N6/c28-25-29-26(32-21-13-5-1-9-17(21)18-10-2-6-14-22(18)32)31-27(30-25)33-23-15-7-3-11-19(23)20-12-4-8-16-24(20)33/h1-16H,(H2,28,29,30,31). The Kier molecular flexibility index (Phi) is 3.61. The molecule has 0 saturated heterocycles. The van der Waals surface area contributed by atoms with E-state index >= 15 is 0 Å². The highest BCUT2D eigenvalue weighted by atomic mass is 15.3. The minimum Gasteiger partial charge on any atom is -0.368 e. The fraction of sp³-hybridized carbons (Fsp3) is 0. The van der Waals surface area contributed by atoms with Crippen molar-refractivity contribution < 1.29 is 0 Å². The summed E-state index contributed by atoms with van der Waals surface area (Å²) in [6, 6.07) is 33.1. The van der Waals surface area contributed by atoms with Crippen molar-refractivity contribution in [3.05, 3.63) is 97.1 Å². The highest BCUT2D eigenvalue weighted by molar-refractivity contribution is 6.10. The molecule has 4 aromatic carbocycles. The molecule has 0 unspecified atom stereocenters. The van der Waals surface area contributed by atoms with E-state index < -0.39 is 0 Å². The van der Waals surface area contributed by atoms with Crippen LogP contribution < -0.4 is 5.73 Å². The summed E-state index contributed by atoms with van der Waals surface area (Å²) in [5.41, 5.74) is 10.4. The number of para-hydroxylation sites is 4. The van der Waals surface area contributed by atoms with E-state index in [1.165, 1.54) is 0 Å². The van der Waals surface area contributed by atoms with E-state index in [1.807, 2.05) is 48.5 Å². The maximum atomic E-state index is 6.26. The van der Waals surface area contributed by atoms with E-state index in [0.29, 0.717) is 11.9 Å². The Morgan fingerprint density at radius 3 is 1.06 bits per heavy atom. The van der Waals surface area contributed by atoms with Crippen molar-refractivity contribution in [3.8, 4) is 11.9 Å². The van der Waals surface area contributed by atoms with Crippen LogP contribution >= 0.6 is 0 Å². The van der Waals surface area contributed by atoms with Crippen LogP contribution in [-0.4, -0.2) is 24.1 Å². The Bertz CT molecular complexity index is 1600. The number of aromatic nitrogens is 5. The number of nitrogens with zero attached hydrogens (tertiary/aromatic N) is 5. The third-order valence-corrected chi connectivity index (χ3v) is 6.19. The van der Waals surface area contributed by atoms with E-state index in [-0.39, 0.29) is 5.95 Å². The zero-order chi connectivity index (χ0) is 21.9. The molecule has 7 aromatic rings. The number of rotatable bonds is 2. The number of nitrogens with two attached hydrogens (primary N) is 1. The number of nitrogen functional groups attached to an aromatic ring is 1. The van der Waals surface area contributed by atoms with Crippen molar-refractivity contribution in [2.45, 2.75) is 0 Å². The molecule has 0 spiro atoms. The van der Waals surface area contributed by atoms with E-state index in [2.05, 4.69) is 67.6 Å². The van der Waals surface area contributed by atoms with Gasteiger partial charge in [-0.05, 0) is 24.3 Å². The lowest BCUT2D eigenvalue weighted by molar-refractivity contribution is 0.896. The molecule has 0 aliphatic heterocycles. The Morgan fingerprint density at radius 1 is 0.424 bits per heavy atom. The molecule has 33 heavy (non-hydrogen) atoms. The van der Waals surface area contributed by atoms with E-state index in [9.17, 15) is 0 Å². The molecule has 0 saturated carbocycles. The van der Waals surface area contributed by atoms with Gasteiger partial charge in [-0.25, -0.2) is 0 Å². The molecule has 7 rings (SSSR count). The van der Waals surface area contributed by atoms with Crippen LogP contribution in [0.25, 0.3) is 55.5 Å². The second-order valence-corrected chi connectivity index (χ2v) is 8.03. The van der Waals surface area contributed by atoms with Gasteiger partial charge in [0.2, 0.25) is 17.8 Å². The van der Waals surface area contributed by atoms with Gasteiger partial charge in [-0.1, -0.05) is 72.8 Å². The molecule has 0 radical (unpaired) electrons. The van der Waals surface area contributed by atoms with Crippen molar-refractivity contribution >= 4 is 49.6 Å². The predicted octanol–water partition coefficient (Wildman–Crippen LogP) is 5.65. The summed E-state index contributed by atoms with van der Waals surface area (Å²) in [6.07, 6.45) is 0. The lowest BCUT2D eigenvalue weighted by Crippen LogP contribution is -2.11. The van der Waals surface area contributed by atoms with Gasteiger partial charge in [0.15, 0.2) is 0 Å². The molecule has 6 heteroatoms. The van der Waals surface area contributed by atoms with Crippen LogP contribution in [0.4, 0.5) is 5.95 Å². The first-order chi connectivity index (χ1) is 16.3. The second-order valence-electron chi connectivity index (χ2n) is 8.03. The lowest BCUT2D eigenvalue weighted by Gasteiger charge is -2.10. The zero-order valence-electron chi connectivity index (χ0n) is 17.6. The number of fused-ring (bicyclic) bond motifs is 6. The molecule has 0 aliphatic rings. The molecule has 0 bridgehead atoms. The molecular formula is C27H18N6. The second kappa shape index (κ2) is 6.64. The summed E-state index contributed by atoms with van der Waals surface area (Å²) in [5, 5.41) is 4.58. The van der Waals surface area contributed by atoms with Gasteiger partial charge in [-0.15, -0.1) is 0 Å². The molecule has 156 valence electrons. The highest BCUT2D eigenvalue weighted by Crippen LogP contribution is 2.33. The average Bonchev–Trinajstić information content (AvgIpc) is 3.37. The number of benzene rings is 4. The summed E-state index contributed by atoms with van der Waals surface area (Å²) >= 11 is 0. The van der Waals surface area contributed by atoms with Crippen molar-refractivity contribution in [2.75, 3.05) is 5.73 Å². The fourth-order valence-corrected chi connectivity index (χ4v) is 4.85. The molecule has 0 amide bonds. The maximum absolute atomic E-state index is 6.26. The number of anilines is 1. The van der Waals surface area contributed by atoms with Crippen LogP contribution in [0.5, 0.6) is 0 Å². The number of hydrogen-bond donors (Lipinski definition) is 1. The Labute approximate surface area is 188 Å². The van der Waals surface area contributed by atoms with Crippen molar-refractivity contribution in [3.63, 3.8) is 0 Å². The first-order valence-electron chi connectivity index (χ1n) is 10.8. The molecule has 3 aromatic heterocycles. The quantitative estimate of drug-likeness (QED) is 0.388. The molecule has 0 fully saturated rings. The van der Waals surface area contributed by atoms with E-state index in [0.717, 1.165) is 43.6 Å². The lowest BCUT2D eigenvalue weighted by atomic mass is 10.2. The van der Waals surface area contributed by atoms with Crippen LogP contribution in [0.3, 0.4) is 0 Å². The smallest absolute Gasteiger partial charge is 0.241 e. The van der Waals surface area contributed by atoms with Gasteiger partial charge in [0.25, 0.3) is 0 Å². The van der Waals surface area contributed by atoms with E-state index in [4.69, 9.17) is 10.7 Å². The van der Waals surface area contributed by atoms with Gasteiger partial charge in [0, 0.05) is 21.5 Å². The van der Waals surface area contributed by atoms with Crippen molar-refractivity contribution in [1.82, 2.24) is 24.1 Å². The zero-order valence-corrected chi connectivity index (χ0v) is 17.6. The molecule has 2 N–H and O–H groups in total. The molecular weight excluding hydrogens is 408 g/mol. The van der Waals surface area contributed by atoms with Gasteiger partial charge in [-0.2, -0.15) is 15.0 Å². The summed E-state index contributed by atoms with van der Waals surface area (Å²) in [5.74, 6) is 1.17. The molecule has 0 aliphatic carbocycles. The highest BCUT2D eigenvalue weighted by Gasteiger charge is 2.18. The predicted molar refractivity (Wildman–Crippen MR) is 133 cm³/mol. The van der Waals surface area contributed by atoms with Gasteiger partial charge in [-0.3, -0.25) is 9.13 Å². The summed E-state index contributed by atoms with van der Waals surface area (Å²) in [7, 11) is 0. The fourth-order valence-electron chi connectivity index (χ4n) is 4.85. The summed E-state index contributed by atoms with van der Waals surface area (Å²) < 4.78 is 4.11. The minimum atomic E-state index is 0.179. The van der Waals surface area contributed by atoms with Crippen LogP contribution in [0.1, 0.15) is 0 Å². The average molecular weight is 426 g/mol. The van der Waals surface area contributed by atoms with Crippen molar-refractivity contribution in [2.24, 2.45) is 0 Å². The van der Waals surface area contributed by atoms with Gasteiger partial charge in [0.05, 0.1) is 22.1 Å². The SMILES string of the molecule is Nc1nc(-n2c3ccccc3c3ccccc32)nc(-n2c3ccccc3c3ccccc32)n1. The topological polar surface area (TPSA) is 74.5 Å². The summed E-state index contributed by atoms with van der Waals surface area (Å²) in [4.78, 5) is 14.0. The molecule has 3 heterocycles. The monoisotopic (exact) mass is 426 g/mol. The Balaban J connectivity index is 1.58. The molecule has 6 nitrogen and oxygen atoms in total.